The summed E-state index contributed by atoms with van der Waals surface area (Å²) in [5.41, 5.74) is 1.20. The van der Waals surface area contributed by atoms with Gasteiger partial charge in [0.15, 0.2) is 0 Å². The van der Waals surface area contributed by atoms with Crippen LogP contribution in [0, 0.1) is 5.92 Å². The largest absolute Gasteiger partial charge is 0.367 e. The summed E-state index contributed by atoms with van der Waals surface area (Å²) in [6.07, 6.45) is 7.41. The molecule has 38 heavy (non-hydrogen) atoms. The van der Waals surface area contributed by atoms with Crippen LogP contribution >= 0.6 is 0 Å². The van der Waals surface area contributed by atoms with Crippen LogP contribution in [0.3, 0.4) is 0 Å². The monoisotopic (exact) mass is 521 g/mol. The minimum Gasteiger partial charge on any atom is -0.367 e. The van der Waals surface area contributed by atoms with Crippen molar-refractivity contribution in [3.05, 3.63) is 59.4 Å². The van der Waals surface area contributed by atoms with Gasteiger partial charge in [0.2, 0.25) is 17.7 Å². The molecule has 1 unspecified atom stereocenters. The summed E-state index contributed by atoms with van der Waals surface area (Å²) in [6, 6.07) is 9.46. The van der Waals surface area contributed by atoms with Crippen LogP contribution in [0.2, 0.25) is 0 Å². The molecule has 9 heteroatoms. The summed E-state index contributed by atoms with van der Waals surface area (Å²) < 4.78 is 0. The first-order chi connectivity index (χ1) is 18.3. The van der Waals surface area contributed by atoms with E-state index in [4.69, 9.17) is 0 Å². The number of nitrogens with zero attached hydrogens (tertiary/aromatic N) is 2. The molecule has 3 N–H and O–H groups in total. The summed E-state index contributed by atoms with van der Waals surface area (Å²) in [7, 11) is 0. The van der Waals surface area contributed by atoms with E-state index in [-0.39, 0.29) is 36.7 Å². The van der Waals surface area contributed by atoms with Gasteiger partial charge in [0.25, 0.3) is 5.91 Å². The molecule has 1 aliphatic carbocycles. The SMILES string of the molecule is CC(C)CCN1CC(=O)NC2(CCCc3ccccc32)C(=O)NCCCCN(C(=O)c2cc[nH]c2)CC1=O. The number of hydrogen-bond acceptors (Lipinski definition) is 4. The van der Waals surface area contributed by atoms with Crippen LogP contribution in [-0.4, -0.2) is 71.1 Å². The fourth-order valence-corrected chi connectivity index (χ4v) is 5.35. The molecular weight excluding hydrogens is 482 g/mol. The number of carbonyl (C=O) groups excluding carboxylic acids is 4. The van der Waals surface area contributed by atoms with Crippen molar-refractivity contribution < 1.29 is 19.2 Å². The van der Waals surface area contributed by atoms with Gasteiger partial charge in [-0.05, 0) is 61.6 Å². The Morgan fingerprint density at radius 1 is 1.05 bits per heavy atom. The number of hydrogen-bond donors (Lipinski definition) is 3. The second kappa shape index (κ2) is 12.3. The Morgan fingerprint density at radius 2 is 1.87 bits per heavy atom. The van der Waals surface area contributed by atoms with Gasteiger partial charge in [-0.15, -0.1) is 0 Å². The molecule has 2 heterocycles. The number of fused-ring (bicyclic) bond motifs is 2. The van der Waals surface area contributed by atoms with Crippen LogP contribution in [0.15, 0.2) is 42.7 Å². The molecule has 4 rings (SSSR count). The van der Waals surface area contributed by atoms with Gasteiger partial charge in [0.1, 0.15) is 12.1 Å². The number of aromatic nitrogens is 1. The number of carbonyl (C=O) groups is 4. The third-order valence-corrected chi connectivity index (χ3v) is 7.48. The molecule has 2 aliphatic rings. The lowest BCUT2D eigenvalue weighted by molar-refractivity contribution is -0.139. The lowest BCUT2D eigenvalue weighted by Gasteiger charge is -2.39. The molecule has 1 aliphatic heterocycles. The molecule has 1 aromatic carbocycles. The van der Waals surface area contributed by atoms with Crippen molar-refractivity contribution in [1.82, 2.24) is 25.4 Å². The number of benzene rings is 1. The Balaban J connectivity index is 1.62. The Hall–Kier alpha value is -3.62. The minimum atomic E-state index is -1.17. The van der Waals surface area contributed by atoms with Crippen molar-refractivity contribution in [2.24, 2.45) is 5.92 Å². The van der Waals surface area contributed by atoms with E-state index in [2.05, 4.69) is 29.5 Å². The van der Waals surface area contributed by atoms with Crippen LogP contribution in [0.4, 0.5) is 0 Å². The number of aryl methyl sites for hydroxylation is 1. The highest BCUT2D eigenvalue weighted by Crippen LogP contribution is 2.36. The molecule has 0 saturated carbocycles. The predicted octanol–water partition coefficient (Wildman–Crippen LogP) is 2.59. The van der Waals surface area contributed by atoms with Crippen molar-refractivity contribution in [2.45, 2.75) is 57.9 Å². The molecule has 1 fully saturated rings. The zero-order valence-corrected chi connectivity index (χ0v) is 22.4. The number of H-pyrrole nitrogens is 1. The van der Waals surface area contributed by atoms with Gasteiger partial charge in [0, 0.05) is 32.0 Å². The molecule has 204 valence electrons. The summed E-state index contributed by atoms with van der Waals surface area (Å²) in [4.78, 5) is 59.8. The number of nitrogens with one attached hydrogen (secondary N) is 3. The summed E-state index contributed by atoms with van der Waals surface area (Å²) in [6.45, 7) is 5.04. The smallest absolute Gasteiger partial charge is 0.255 e. The first kappa shape index (κ1) is 27.4. The minimum absolute atomic E-state index is 0.101. The highest BCUT2D eigenvalue weighted by atomic mass is 16.2. The van der Waals surface area contributed by atoms with Crippen LogP contribution in [0.5, 0.6) is 0 Å². The Morgan fingerprint density at radius 3 is 2.63 bits per heavy atom. The molecular formula is C29H39N5O4. The van der Waals surface area contributed by atoms with Gasteiger partial charge in [-0.2, -0.15) is 0 Å². The van der Waals surface area contributed by atoms with Crippen molar-refractivity contribution in [1.29, 1.82) is 0 Å². The van der Waals surface area contributed by atoms with E-state index in [0.29, 0.717) is 50.4 Å². The first-order valence-corrected chi connectivity index (χ1v) is 13.7. The predicted molar refractivity (Wildman–Crippen MR) is 144 cm³/mol. The van der Waals surface area contributed by atoms with Crippen molar-refractivity contribution in [2.75, 3.05) is 32.7 Å². The summed E-state index contributed by atoms with van der Waals surface area (Å²) in [5.74, 6) is -0.783. The van der Waals surface area contributed by atoms with Crippen LogP contribution in [0.1, 0.15) is 67.4 Å². The molecule has 9 nitrogen and oxygen atoms in total. The van der Waals surface area contributed by atoms with Crippen molar-refractivity contribution >= 4 is 23.6 Å². The average Bonchev–Trinajstić information content (AvgIpc) is 3.44. The molecule has 1 saturated heterocycles. The van der Waals surface area contributed by atoms with Gasteiger partial charge in [-0.1, -0.05) is 38.1 Å². The normalized spacial score (nSPS) is 21.6. The quantitative estimate of drug-likeness (QED) is 0.574. The maximum atomic E-state index is 13.7. The zero-order chi connectivity index (χ0) is 27.1. The van der Waals surface area contributed by atoms with Crippen molar-refractivity contribution in [3.63, 3.8) is 0 Å². The first-order valence-electron chi connectivity index (χ1n) is 13.7. The maximum Gasteiger partial charge on any atom is 0.255 e. The average molecular weight is 522 g/mol. The lowest BCUT2D eigenvalue weighted by Crippen LogP contribution is -2.60. The van der Waals surface area contributed by atoms with Gasteiger partial charge < -0.3 is 25.4 Å². The molecule has 1 aromatic heterocycles. The Labute approximate surface area is 224 Å². The number of amides is 4. The van der Waals surface area contributed by atoms with Crippen LogP contribution in [-0.2, 0) is 26.3 Å². The third-order valence-electron chi connectivity index (χ3n) is 7.48. The van der Waals surface area contributed by atoms with E-state index in [1.807, 2.05) is 24.3 Å². The summed E-state index contributed by atoms with van der Waals surface area (Å²) >= 11 is 0. The van der Waals surface area contributed by atoms with E-state index in [0.717, 1.165) is 30.4 Å². The van der Waals surface area contributed by atoms with E-state index in [9.17, 15) is 19.2 Å². The van der Waals surface area contributed by atoms with Crippen molar-refractivity contribution in [3.8, 4) is 0 Å². The van der Waals surface area contributed by atoms with E-state index < -0.39 is 5.54 Å². The Kier molecular flexibility index (Phi) is 8.86. The molecule has 1 atom stereocenters. The zero-order valence-electron chi connectivity index (χ0n) is 22.4. The highest BCUT2D eigenvalue weighted by molar-refractivity contribution is 5.97. The molecule has 4 amide bonds. The molecule has 2 aromatic rings. The fourth-order valence-electron chi connectivity index (χ4n) is 5.35. The van der Waals surface area contributed by atoms with Gasteiger partial charge in [0.05, 0.1) is 12.1 Å². The maximum absolute atomic E-state index is 13.7. The van der Waals surface area contributed by atoms with Crippen LogP contribution in [0.25, 0.3) is 0 Å². The molecule has 1 spiro atoms. The van der Waals surface area contributed by atoms with E-state index in [1.165, 1.54) is 9.80 Å². The van der Waals surface area contributed by atoms with Crippen LogP contribution < -0.4 is 10.6 Å². The summed E-state index contributed by atoms with van der Waals surface area (Å²) in [5, 5.41) is 6.10. The standard InChI is InChI=1S/C29H39N5O4/c1-21(2)12-17-33-19-25(35)32-29(13-7-9-22-8-3-4-10-24(22)29)28(38)31-14-5-6-16-34(20-26(33)36)27(37)23-11-15-30-18-23/h3-4,8,10-11,15,18,21,30H,5-7,9,12-14,16-17,19-20H2,1-2H3,(H,31,38)(H,32,35). The number of rotatable bonds is 4. The fraction of sp³-hybridized carbons (Fsp3) is 0.517. The second-order valence-electron chi connectivity index (χ2n) is 10.8. The van der Waals surface area contributed by atoms with E-state index >= 15 is 0 Å². The van der Waals surface area contributed by atoms with Gasteiger partial charge >= 0.3 is 0 Å². The number of aromatic amines is 1. The second-order valence-corrected chi connectivity index (χ2v) is 10.8. The molecule has 0 bridgehead atoms. The van der Waals surface area contributed by atoms with Gasteiger partial charge in [-0.25, -0.2) is 0 Å². The Bertz CT molecular complexity index is 1150. The third kappa shape index (κ3) is 6.26. The highest BCUT2D eigenvalue weighted by Gasteiger charge is 2.44. The van der Waals surface area contributed by atoms with E-state index in [1.54, 1.807) is 18.5 Å². The lowest BCUT2D eigenvalue weighted by atomic mass is 9.75. The van der Waals surface area contributed by atoms with Gasteiger partial charge in [-0.3, -0.25) is 19.2 Å². The molecule has 0 radical (unpaired) electrons. The topological polar surface area (TPSA) is 115 Å².